The first kappa shape index (κ1) is 16.2. The number of likely N-dealkylation sites (N-methyl/N-ethyl adjacent to an activating group) is 1. The largest absolute Gasteiger partial charge is 0.301 e. The Balaban J connectivity index is 1.86. The molecule has 3 rings (SSSR count). The first-order valence-electron chi connectivity index (χ1n) is 6.62. The minimum absolute atomic E-state index is 0.246. The number of hydrogen-bond donors (Lipinski definition) is 1. The van der Waals surface area contributed by atoms with Crippen LogP contribution in [0.15, 0.2) is 12.1 Å². The molecule has 0 saturated heterocycles. The maximum Gasteiger partial charge on any atom is 0.241 e. The molecule has 0 radical (unpaired) electrons. The third-order valence-corrected chi connectivity index (χ3v) is 6.60. The number of nitrogens with one attached hydrogen (secondary N) is 1. The summed E-state index contributed by atoms with van der Waals surface area (Å²) in [5, 5.41) is 4.08. The highest BCUT2D eigenvalue weighted by molar-refractivity contribution is 7.88. The number of carbonyl (C=O) groups excluding carboxylic acids is 1. The van der Waals surface area contributed by atoms with Gasteiger partial charge in [0.1, 0.15) is 0 Å². The molecule has 0 aliphatic rings. The zero-order chi connectivity index (χ0) is 16.8. The van der Waals surface area contributed by atoms with Crippen LogP contribution in [0.3, 0.4) is 0 Å². The average molecular weight is 370 g/mol. The lowest BCUT2D eigenvalue weighted by atomic mass is 10.3. The fraction of sp³-hybridized carbons (Fsp3) is 0.308. The van der Waals surface area contributed by atoms with Gasteiger partial charge >= 0.3 is 0 Å². The Bertz CT molecular complexity index is 1010. The molecule has 0 atom stereocenters. The van der Waals surface area contributed by atoms with E-state index in [1.807, 2.05) is 19.1 Å². The lowest BCUT2D eigenvalue weighted by Crippen LogP contribution is -2.34. The van der Waals surface area contributed by atoms with Crippen LogP contribution in [0.1, 0.15) is 5.01 Å². The number of sulfonamides is 1. The molecule has 0 saturated carbocycles. The molecule has 7 nitrogen and oxygen atoms in total. The van der Waals surface area contributed by atoms with Crippen LogP contribution in [0.5, 0.6) is 0 Å². The van der Waals surface area contributed by atoms with Gasteiger partial charge in [0.15, 0.2) is 5.13 Å². The van der Waals surface area contributed by atoms with Crippen molar-refractivity contribution in [3.05, 3.63) is 17.1 Å². The number of benzene rings is 1. The van der Waals surface area contributed by atoms with Gasteiger partial charge in [0.05, 0.1) is 38.2 Å². The van der Waals surface area contributed by atoms with E-state index in [-0.39, 0.29) is 6.54 Å². The number of aromatic nitrogens is 2. The molecule has 1 aromatic carbocycles. The zero-order valence-corrected chi connectivity index (χ0v) is 15.1. The van der Waals surface area contributed by atoms with Gasteiger partial charge in [-0.2, -0.15) is 4.31 Å². The van der Waals surface area contributed by atoms with Gasteiger partial charge in [0.2, 0.25) is 15.9 Å². The Labute approximate surface area is 141 Å². The van der Waals surface area contributed by atoms with E-state index >= 15 is 0 Å². The standard InChI is InChI=1S/C13H14N4O3S3/c1-7-14-8-4-5-9-12(11(8)21-7)22-13(15-9)16-10(18)6-17(2)23(3,19)20/h4-5H,6H2,1-3H3,(H,15,16,18). The molecule has 2 aromatic heterocycles. The number of rotatable bonds is 4. The van der Waals surface area contributed by atoms with Gasteiger partial charge in [-0.15, -0.1) is 11.3 Å². The van der Waals surface area contributed by atoms with Crippen molar-refractivity contribution in [3.63, 3.8) is 0 Å². The third kappa shape index (κ3) is 3.34. The summed E-state index contributed by atoms with van der Waals surface area (Å²) in [4.78, 5) is 20.8. The van der Waals surface area contributed by atoms with E-state index < -0.39 is 15.9 Å². The summed E-state index contributed by atoms with van der Waals surface area (Å²) in [6.45, 7) is 1.70. The van der Waals surface area contributed by atoms with E-state index in [1.54, 1.807) is 11.3 Å². The summed E-state index contributed by atoms with van der Waals surface area (Å²) in [6, 6.07) is 3.77. The quantitative estimate of drug-likeness (QED) is 0.759. The number of nitrogens with zero attached hydrogens (tertiary/aromatic N) is 3. The van der Waals surface area contributed by atoms with Crippen LogP contribution in [-0.2, 0) is 14.8 Å². The topological polar surface area (TPSA) is 92.3 Å². The summed E-state index contributed by atoms with van der Waals surface area (Å²) in [7, 11) is -2.03. The van der Waals surface area contributed by atoms with Crippen LogP contribution < -0.4 is 5.32 Å². The van der Waals surface area contributed by atoms with E-state index in [2.05, 4.69) is 15.3 Å². The second-order valence-corrected chi connectivity index (χ2v) is 9.37. The van der Waals surface area contributed by atoms with Crippen molar-refractivity contribution < 1.29 is 13.2 Å². The molecule has 10 heteroatoms. The smallest absolute Gasteiger partial charge is 0.241 e. The summed E-state index contributed by atoms with van der Waals surface area (Å²) in [6.07, 6.45) is 1.06. The molecule has 0 aliphatic carbocycles. The number of thiazole rings is 2. The highest BCUT2D eigenvalue weighted by Crippen LogP contribution is 2.35. The van der Waals surface area contributed by atoms with Crippen molar-refractivity contribution in [1.82, 2.24) is 14.3 Å². The van der Waals surface area contributed by atoms with E-state index in [0.29, 0.717) is 5.13 Å². The molecular formula is C13H14N4O3S3. The number of carbonyl (C=O) groups is 1. The minimum Gasteiger partial charge on any atom is -0.301 e. The van der Waals surface area contributed by atoms with Crippen LogP contribution in [0.25, 0.3) is 20.4 Å². The van der Waals surface area contributed by atoms with Gasteiger partial charge in [-0.3, -0.25) is 4.79 Å². The number of aryl methyl sites for hydroxylation is 1. The fourth-order valence-electron chi connectivity index (χ4n) is 2.02. The Kier molecular flexibility index (Phi) is 4.08. The molecule has 23 heavy (non-hydrogen) atoms. The first-order valence-corrected chi connectivity index (χ1v) is 10.1. The molecular weight excluding hydrogens is 356 g/mol. The minimum atomic E-state index is -3.39. The second-order valence-electron chi connectivity index (χ2n) is 5.08. The molecule has 0 aliphatic heterocycles. The fourth-order valence-corrected chi connectivity index (χ4v) is 4.39. The van der Waals surface area contributed by atoms with Gasteiger partial charge in [-0.1, -0.05) is 11.3 Å². The highest BCUT2D eigenvalue weighted by atomic mass is 32.2. The van der Waals surface area contributed by atoms with E-state index in [0.717, 1.165) is 36.0 Å². The molecule has 1 amide bonds. The van der Waals surface area contributed by atoms with Crippen LogP contribution in [0, 0.1) is 6.92 Å². The van der Waals surface area contributed by atoms with Gasteiger partial charge in [-0.25, -0.2) is 18.4 Å². The van der Waals surface area contributed by atoms with Gasteiger partial charge in [0, 0.05) is 7.05 Å². The monoisotopic (exact) mass is 370 g/mol. The lowest BCUT2D eigenvalue weighted by molar-refractivity contribution is -0.116. The second kappa shape index (κ2) is 5.78. The van der Waals surface area contributed by atoms with Crippen molar-refractivity contribution in [2.45, 2.75) is 6.92 Å². The van der Waals surface area contributed by atoms with Crippen molar-refractivity contribution >= 4 is 64.2 Å². The number of amides is 1. The molecule has 0 fully saturated rings. The van der Waals surface area contributed by atoms with E-state index in [1.165, 1.54) is 18.4 Å². The van der Waals surface area contributed by atoms with Crippen molar-refractivity contribution in [2.75, 3.05) is 25.2 Å². The molecule has 122 valence electrons. The van der Waals surface area contributed by atoms with Gasteiger partial charge in [0.25, 0.3) is 0 Å². The van der Waals surface area contributed by atoms with Crippen LogP contribution >= 0.6 is 22.7 Å². The molecule has 0 bridgehead atoms. The van der Waals surface area contributed by atoms with Gasteiger partial charge in [-0.05, 0) is 19.1 Å². The number of hydrogen-bond acceptors (Lipinski definition) is 7. The number of anilines is 1. The zero-order valence-electron chi connectivity index (χ0n) is 12.7. The number of fused-ring (bicyclic) bond motifs is 3. The molecule has 1 N–H and O–H groups in total. The van der Waals surface area contributed by atoms with Crippen LogP contribution in [0.4, 0.5) is 5.13 Å². The molecule has 0 unspecified atom stereocenters. The van der Waals surface area contributed by atoms with Crippen molar-refractivity contribution in [2.24, 2.45) is 0 Å². The summed E-state index contributed by atoms with van der Waals surface area (Å²) < 4.78 is 25.7. The Morgan fingerprint density at radius 2 is 1.83 bits per heavy atom. The molecule has 0 spiro atoms. The summed E-state index contributed by atoms with van der Waals surface area (Å²) in [5.74, 6) is -0.422. The normalized spacial score (nSPS) is 12.3. The Morgan fingerprint density at radius 1 is 1.22 bits per heavy atom. The Morgan fingerprint density at radius 3 is 2.48 bits per heavy atom. The maximum absolute atomic E-state index is 12.0. The SMILES string of the molecule is Cc1nc2ccc3nc(NC(=O)CN(C)S(C)(=O)=O)sc3c2s1. The third-order valence-electron chi connectivity index (χ3n) is 3.20. The lowest BCUT2D eigenvalue weighted by Gasteiger charge is -2.12. The highest BCUT2D eigenvalue weighted by Gasteiger charge is 2.17. The van der Waals surface area contributed by atoms with Crippen LogP contribution in [0.2, 0.25) is 0 Å². The van der Waals surface area contributed by atoms with Gasteiger partial charge < -0.3 is 5.32 Å². The maximum atomic E-state index is 12.0. The van der Waals surface area contributed by atoms with E-state index in [4.69, 9.17) is 0 Å². The van der Waals surface area contributed by atoms with Crippen LogP contribution in [-0.4, -0.2) is 48.4 Å². The van der Waals surface area contributed by atoms with E-state index in [9.17, 15) is 13.2 Å². The predicted molar refractivity (Wildman–Crippen MR) is 93.6 cm³/mol. The first-order chi connectivity index (χ1) is 10.7. The summed E-state index contributed by atoms with van der Waals surface area (Å²) in [5.41, 5.74) is 1.70. The van der Waals surface area contributed by atoms with Crippen molar-refractivity contribution in [1.29, 1.82) is 0 Å². The molecule has 3 aromatic rings. The predicted octanol–water partition coefficient (Wildman–Crippen LogP) is 2.04. The Hall–Kier alpha value is -1.62. The average Bonchev–Trinajstić information content (AvgIpc) is 2.98. The molecule has 2 heterocycles. The summed E-state index contributed by atoms with van der Waals surface area (Å²) >= 11 is 2.95. The van der Waals surface area contributed by atoms with Crippen molar-refractivity contribution in [3.8, 4) is 0 Å².